The molecule has 0 saturated heterocycles. The molecule has 1 aromatic heterocycles. The summed E-state index contributed by atoms with van der Waals surface area (Å²) < 4.78 is 25.5. The minimum Gasteiger partial charge on any atom is -0.256 e. The first-order chi connectivity index (χ1) is 6.66. The van der Waals surface area contributed by atoms with Crippen molar-refractivity contribution >= 4 is 26.8 Å². The molecule has 0 amide bonds. The number of hydrogen-bond acceptors (Lipinski definition) is 1. The van der Waals surface area contributed by atoms with E-state index in [1.165, 1.54) is 12.3 Å². The molecule has 0 unspecified atom stereocenters. The molecule has 0 radical (unpaired) electrons. The van der Waals surface area contributed by atoms with Crippen LogP contribution in [0.1, 0.15) is 12.0 Å². The molecule has 0 N–H and O–H groups in total. The van der Waals surface area contributed by atoms with Crippen LogP contribution in [0, 0.1) is 0 Å². The van der Waals surface area contributed by atoms with E-state index in [1.807, 2.05) is 0 Å². The van der Waals surface area contributed by atoms with Gasteiger partial charge in [0.1, 0.15) is 0 Å². The Balaban J connectivity index is 2.62. The van der Waals surface area contributed by atoms with Gasteiger partial charge < -0.3 is 0 Å². The predicted octanol–water partition coefficient (Wildman–Crippen LogP) is 3.93. The number of hydrogen-bond donors (Lipinski definition) is 0. The third-order valence-electron chi connectivity index (χ3n) is 1.92. The fraction of sp³-hybridized carbons (Fsp3) is 0.100. The van der Waals surface area contributed by atoms with Gasteiger partial charge in [0.25, 0.3) is 6.43 Å². The zero-order valence-corrected chi connectivity index (χ0v) is 8.63. The van der Waals surface area contributed by atoms with Crippen LogP contribution in [0.15, 0.2) is 34.9 Å². The summed E-state index contributed by atoms with van der Waals surface area (Å²) in [5.74, 6) is 0. The monoisotopic (exact) mass is 257 g/mol. The van der Waals surface area contributed by atoms with E-state index >= 15 is 0 Å². The molecule has 0 fully saturated rings. The van der Waals surface area contributed by atoms with Gasteiger partial charge in [0, 0.05) is 21.6 Å². The Labute approximate surface area is 87.9 Å². The first-order valence-electron chi connectivity index (χ1n) is 4.00. The number of alkyl halides is 2. The first kappa shape index (κ1) is 9.52. The molecular weight excluding hydrogens is 252 g/mol. The number of pyridine rings is 1. The van der Waals surface area contributed by atoms with Gasteiger partial charge >= 0.3 is 0 Å². The van der Waals surface area contributed by atoms with Gasteiger partial charge in [0.2, 0.25) is 0 Å². The van der Waals surface area contributed by atoms with Crippen LogP contribution in [0.3, 0.4) is 0 Å². The van der Waals surface area contributed by atoms with E-state index in [4.69, 9.17) is 0 Å². The summed E-state index contributed by atoms with van der Waals surface area (Å²) >= 11 is 3.29. The highest BCUT2D eigenvalue weighted by molar-refractivity contribution is 9.10. The van der Waals surface area contributed by atoms with Crippen LogP contribution in [0.5, 0.6) is 0 Å². The van der Waals surface area contributed by atoms with E-state index < -0.39 is 6.43 Å². The maximum Gasteiger partial charge on any atom is 0.265 e. The Morgan fingerprint density at radius 1 is 1.21 bits per heavy atom. The van der Waals surface area contributed by atoms with Crippen molar-refractivity contribution in [1.29, 1.82) is 0 Å². The van der Waals surface area contributed by atoms with Crippen LogP contribution in [0.25, 0.3) is 10.9 Å². The van der Waals surface area contributed by atoms with Gasteiger partial charge in [0.15, 0.2) is 0 Å². The highest BCUT2D eigenvalue weighted by Crippen LogP contribution is 2.23. The summed E-state index contributed by atoms with van der Waals surface area (Å²) in [6.07, 6.45) is -1.25. The predicted molar refractivity (Wildman–Crippen MR) is 54.4 cm³/mol. The van der Waals surface area contributed by atoms with Crippen molar-refractivity contribution in [3.05, 3.63) is 40.5 Å². The number of nitrogens with zero attached hydrogens (tertiary/aromatic N) is 1. The molecule has 2 aromatic rings. The van der Waals surface area contributed by atoms with Crippen LogP contribution in [0.4, 0.5) is 8.78 Å². The quantitative estimate of drug-likeness (QED) is 0.755. The van der Waals surface area contributed by atoms with Crippen molar-refractivity contribution in [3.63, 3.8) is 0 Å². The normalized spacial score (nSPS) is 11.1. The molecule has 0 aliphatic carbocycles. The molecule has 4 heteroatoms. The third-order valence-corrected chi connectivity index (χ3v) is 2.41. The van der Waals surface area contributed by atoms with Crippen LogP contribution < -0.4 is 0 Å². The van der Waals surface area contributed by atoms with Gasteiger partial charge in [0.05, 0.1) is 5.52 Å². The molecule has 1 aromatic carbocycles. The molecule has 14 heavy (non-hydrogen) atoms. The van der Waals surface area contributed by atoms with E-state index in [0.29, 0.717) is 5.52 Å². The molecule has 0 bridgehead atoms. The highest BCUT2D eigenvalue weighted by atomic mass is 79.9. The standard InChI is InChI=1S/C10H6BrF2N/c11-8-2-1-6-3-7(10(12)13)5-14-9(6)4-8/h1-5,10H. The van der Waals surface area contributed by atoms with Crippen LogP contribution in [-0.4, -0.2) is 4.98 Å². The number of rotatable bonds is 1. The van der Waals surface area contributed by atoms with E-state index in [0.717, 1.165) is 9.86 Å². The summed E-state index contributed by atoms with van der Waals surface area (Å²) in [4.78, 5) is 3.95. The Morgan fingerprint density at radius 3 is 2.71 bits per heavy atom. The van der Waals surface area contributed by atoms with Gasteiger partial charge in [-0.25, -0.2) is 8.78 Å². The Bertz CT molecular complexity index is 471. The number of halogens is 3. The van der Waals surface area contributed by atoms with Gasteiger partial charge in [-0.1, -0.05) is 22.0 Å². The summed E-state index contributed by atoms with van der Waals surface area (Å²) in [5, 5.41) is 0.728. The zero-order valence-electron chi connectivity index (χ0n) is 7.05. The second-order valence-electron chi connectivity index (χ2n) is 2.91. The molecular formula is C10H6BrF2N. The zero-order chi connectivity index (χ0) is 10.1. The molecule has 1 heterocycles. The van der Waals surface area contributed by atoms with Crippen molar-refractivity contribution in [2.75, 3.05) is 0 Å². The Hall–Kier alpha value is -1.03. The van der Waals surface area contributed by atoms with Crippen molar-refractivity contribution in [2.24, 2.45) is 0 Å². The highest BCUT2D eigenvalue weighted by Gasteiger charge is 2.07. The van der Waals surface area contributed by atoms with Crippen molar-refractivity contribution in [3.8, 4) is 0 Å². The number of fused-ring (bicyclic) bond motifs is 1. The summed E-state index contributed by atoms with van der Waals surface area (Å²) in [5.41, 5.74) is 0.670. The molecule has 0 spiro atoms. The topological polar surface area (TPSA) is 12.9 Å². The summed E-state index contributed by atoms with van der Waals surface area (Å²) in [6, 6.07) is 6.82. The molecule has 0 atom stereocenters. The lowest BCUT2D eigenvalue weighted by Gasteiger charge is -2.01. The SMILES string of the molecule is FC(F)c1cnc2cc(Br)ccc2c1. The van der Waals surface area contributed by atoms with Crippen LogP contribution in [-0.2, 0) is 0 Å². The second-order valence-corrected chi connectivity index (χ2v) is 3.82. The van der Waals surface area contributed by atoms with E-state index in [1.54, 1.807) is 18.2 Å². The average molecular weight is 258 g/mol. The minimum absolute atomic E-state index is 0.0418. The van der Waals surface area contributed by atoms with E-state index in [-0.39, 0.29) is 5.56 Å². The summed E-state index contributed by atoms with van der Waals surface area (Å²) in [6.45, 7) is 0. The lowest BCUT2D eigenvalue weighted by atomic mass is 10.2. The molecule has 0 saturated carbocycles. The molecule has 2 rings (SSSR count). The van der Waals surface area contributed by atoms with Crippen LogP contribution >= 0.6 is 15.9 Å². The van der Waals surface area contributed by atoms with Crippen molar-refractivity contribution < 1.29 is 8.78 Å². The maximum absolute atomic E-state index is 12.3. The van der Waals surface area contributed by atoms with Gasteiger partial charge in [-0.05, 0) is 18.2 Å². The summed E-state index contributed by atoms with van der Waals surface area (Å²) in [7, 11) is 0. The average Bonchev–Trinajstić information content (AvgIpc) is 2.16. The van der Waals surface area contributed by atoms with Crippen molar-refractivity contribution in [2.45, 2.75) is 6.43 Å². The first-order valence-corrected chi connectivity index (χ1v) is 4.79. The largest absolute Gasteiger partial charge is 0.265 e. The van der Waals surface area contributed by atoms with Crippen LogP contribution in [0.2, 0.25) is 0 Å². The minimum atomic E-state index is -2.46. The number of aromatic nitrogens is 1. The lowest BCUT2D eigenvalue weighted by molar-refractivity contribution is 0.151. The Morgan fingerprint density at radius 2 is 2.00 bits per heavy atom. The second kappa shape index (κ2) is 3.61. The maximum atomic E-state index is 12.3. The van der Waals surface area contributed by atoms with Gasteiger partial charge in [-0.15, -0.1) is 0 Å². The molecule has 0 aliphatic rings. The fourth-order valence-electron chi connectivity index (χ4n) is 1.23. The third kappa shape index (κ3) is 1.75. The van der Waals surface area contributed by atoms with Gasteiger partial charge in [-0.2, -0.15) is 0 Å². The smallest absolute Gasteiger partial charge is 0.256 e. The molecule has 0 aliphatic heterocycles. The fourth-order valence-corrected chi connectivity index (χ4v) is 1.58. The molecule has 72 valence electrons. The van der Waals surface area contributed by atoms with Gasteiger partial charge in [-0.3, -0.25) is 4.98 Å². The number of benzene rings is 1. The Kier molecular flexibility index (Phi) is 2.46. The van der Waals surface area contributed by atoms with Crippen molar-refractivity contribution in [1.82, 2.24) is 4.98 Å². The molecule has 1 nitrogen and oxygen atoms in total. The lowest BCUT2D eigenvalue weighted by Crippen LogP contribution is -1.87. The van der Waals surface area contributed by atoms with E-state index in [9.17, 15) is 8.78 Å². The van der Waals surface area contributed by atoms with E-state index in [2.05, 4.69) is 20.9 Å².